The average molecular weight is 238 g/mol. The summed E-state index contributed by atoms with van der Waals surface area (Å²) in [6.07, 6.45) is 0.901. The molecule has 1 aliphatic heterocycles. The number of hydrogen-bond donors (Lipinski definition) is 2. The Balaban J connectivity index is 2.41. The molecule has 0 aliphatic carbocycles. The molecule has 1 aromatic carbocycles. The van der Waals surface area contributed by atoms with E-state index in [0.29, 0.717) is 13.1 Å². The van der Waals surface area contributed by atoms with Gasteiger partial charge in [0.15, 0.2) is 5.75 Å². The molecule has 0 unspecified atom stereocenters. The normalized spacial score (nSPS) is 14.2. The number of aromatic hydroxyl groups is 2. The summed E-state index contributed by atoms with van der Waals surface area (Å²) in [6, 6.07) is 2.00. The Morgan fingerprint density at radius 2 is 2.00 bits per heavy atom. The van der Waals surface area contributed by atoms with Gasteiger partial charge in [0, 0.05) is 19.2 Å². The van der Waals surface area contributed by atoms with Gasteiger partial charge in [-0.05, 0) is 12.5 Å². The molecule has 1 aromatic rings. The second kappa shape index (κ2) is 3.93. The topological polar surface area (TPSA) is 104 Å². The molecule has 7 nitrogen and oxygen atoms in total. The van der Waals surface area contributed by atoms with Crippen molar-refractivity contribution in [3.63, 3.8) is 0 Å². The first-order chi connectivity index (χ1) is 8.00. The first kappa shape index (κ1) is 11.2. The van der Waals surface area contributed by atoms with Crippen LogP contribution < -0.4 is 0 Å². The maximum absolute atomic E-state index is 11.8. The molecule has 0 bridgehead atoms. The highest BCUT2D eigenvalue weighted by atomic mass is 16.6. The Labute approximate surface area is 96.0 Å². The second-order valence-corrected chi connectivity index (χ2v) is 3.77. The number of amides is 1. The van der Waals surface area contributed by atoms with E-state index in [4.69, 9.17) is 0 Å². The van der Waals surface area contributed by atoms with Crippen molar-refractivity contribution in [3.8, 4) is 11.5 Å². The summed E-state index contributed by atoms with van der Waals surface area (Å²) >= 11 is 0. The quantitative estimate of drug-likeness (QED) is 0.451. The molecule has 1 fully saturated rings. The van der Waals surface area contributed by atoms with Crippen molar-refractivity contribution in [1.82, 2.24) is 4.90 Å². The van der Waals surface area contributed by atoms with Crippen molar-refractivity contribution >= 4 is 11.6 Å². The number of benzene rings is 1. The van der Waals surface area contributed by atoms with Crippen molar-refractivity contribution in [2.24, 2.45) is 0 Å². The number of carbonyl (C=O) groups is 1. The third-order valence-electron chi connectivity index (χ3n) is 2.66. The molecule has 0 atom stereocenters. The van der Waals surface area contributed by atoms with E-state index in [1.54, 1.807) is 0 Å². The number of nitro groups is 1. The van der Waals surface area contributed by atoms with E-state index in [-0.39, 0.29) is 11.5 Å². The fraction of sp³-hybridized carbons (Fsp3) is 0.300. The summed E-state index contributed by atoms with van der Waals surface area (Å²) in [7, 11) is 0. The monoisotopic (exact) mass is 238 g/mol. The minimum absolute atomic E-state index is 0.00620. The van der Waals surface area contributed by atoms with Crippen LogP contribution in [-0.2, 0) is 0 Å². The SMILES string of the molecule is O=C(c1cc(O)c(O)c([N+](=O)[O-])c1)N1CCC1. The summed E-state index contributed by atoms with van der Waals surface area (Å²) in [5.74, 6) is -1.87. The van der Waals surface area contributed by atoms with E-state index in [1.807, 2.05) is 0 Å². The van der Waals surface area contributed by atoms with Crippen LogP contribution in [0.25, 0.3) is 0 Å². The molecule has 7 heteroatoms. The van der Waals surface area contributed by atoms with Crippen LogP contribution in [0, 0.1) is 10.1 Å². The van der Waals surface area contributed by atoms with E-state index in [2.05, 4.69) is 0 Å². The van der Waals surface area contributed by atoms with Gasteiger partial charge in [-0.2, -0.15) is 0 Å². The highest BCUT2D eigenvalue weighted by Crippen LogP contribution is 2.36. The van der Waals surface area contributed by atoms with Crippen LogP contribution in [0.4, 0.5) is 5.69 Å². The molecule has 0 radical (unpaired) electrons. The Morgan fingerprint density at radius 1 is 1.35 bits per heavy atom. The minimum atomic E-state index is -0.845. The number of hydrogen-bond acceptors (Lipinski definition) is 5. The van der Waals surface area contributed by atoms with Crippen LogP contribution in [0.2, 0.25) is 0 Å². The molecule has 1 saturated heterocycles. The van der Waals surface area contributed by atoms with Crippen LogP contribution in [-0.4, -0.2) is 39.0 Å². The van der Waals surface area contributed by atoms with Gasteiger partial charge in [0.05, 0.1) is 10.5 Å². The maximum atomic E-state index is 11.8. The predicted octanol–water partition coefficient (Wildman–Crippen LogP) is 0.852. The number of likely N-dealkylation sites (tertiary alicyclic amines) is 1. The van der Waals surface area contributed by atoms with Gasteiger partial charge in [0.1, 0.15) is 0 Å². The number of rotatable bonds is 2. The lowest BCUT2D eigenvalue weighted by molar-refractivity contribution is -0.386. The zero-order valence-corrected chi connectivity index (χ0v) is 8.79. The van der Waals surface area contributed by atoms with Crippen molar-refractivity contribution in [2.75, 3.05) is 13.1 Å². The van der Waals surface area contributed by atoms with Gasteiger partial charge in [-0.1, -0.05) is 0 Å². The lowest BCUT2D eigenvalue weighted by Crippen LogP contribution is -2.42. The predicted molar refractivity (Wildman–Crippen MR) is 56.9 cm³/mol. The fourth-order valence-corrected chi connectivity index (χ4v) is 1.57. The van der Waals surface area contributed by atoms with Crippen LogP contribution >= 0.6 is 0 Å². The molecule has 0 aromatic heterocycles. The maximum Gasteiger partial charge on any atom is 0.315 e. The number of carbonyl (C=O) groups excluding carboxylic acids is 1. The molecule has 1 amide bonds. The fourth-order valence-electron chi connectivity index (χ4n) is 1.57. The third kappa shape index (κ3) is 1.86. The summed E-state index contributed by atoms with van der Waals surface area (Å²) in [4.78, 5) is 23.1. The minimum Gasteiger partial charge on any atom is -0.504 e. The van der Waals surface area contributed by atoms with E-state index < -0.39 is 22.1 Å². The highest BCUT2D eigenvalue weighted by Gasteiger charge is 2.26. The molecule has 2 N–H and O–H groups in total. The van der Waals surface area contributed by atoms with Gasteiger partial charge in [0.2, 0.25) is 5.75 Å². The van der Waals surface area contributed by atoms with Crippen molar-refractivity contribution in [1.29, 1.82) is 0 Å². The van der Waals surface area contributed by atoms with Gasteiger partial charge in [-0.25, -0.2) is 0 Å². The Morgan fingerprint density at radius 3 is 2.47 bits per heavy atom. The lowest BCUT2D eigenvalue weighted by Gasteiger charge is -2.30. The van der Waals surface area contributed by atoms with Crippen molar-refractivity contribution < 1.29 is 19.9 Å². The van der Waals surface area contributed by atoms with Gasteiger partial charge >= 0.3 is 5.69 Å². The molecule has 90 valence electrons. The third-order valence-corrected chi connectivity index (χ3v) is 2.66. The zero-order chi connectivity index (χ0) is 12.6. The smallest absolute Gasteiger partial charge is 0.315 e. The van der Waals surface area contributed by atoms with Crippen molar-refractivity contribution in [3.05, 3.63) is 27.8 Å². The van der Waals surface area contributed by atoms with Gasteiger partial charge in [-0.15, -0.1) is 0 Å². The number of nitrogens with zero attached hydrogens (tertiary/aromatic N) is 2. The summed E-state index contributed by atoms with van der Waals surface area (Å²) in [5.41, 5.74) is -0.666. The van der Waals surface area contributed by atoms with E-state index in [0.717, 1.165) is 18.6 Å². The van der Waals surface area contributed by atoms with Gasteiger partial charge in [-0.3, -0.25) is 14.9 Å². The summed E-state index contributed by atoms with van der Waals surface area (Å²) in [5, 5.41) is 29.2. The van der Waals surface area contributed by atoms with Crippen LogP contribution in [0.1, 0.15) is 16.8 Å². The Kier molecular flexibility index (Phi) is 2.58. The molecule has 0 spiro atoms. The van der Waals surface area contributed by atoms with Gasteiger partial charge < -0.3 is 15.1 Å². The van der Waals surface area contributed by atoms with E-state index in [1.165, 1.54) is 4.90 Å². The molecule has 1 heterocycles. The largest absolute Gasteiger partial charge is 0.504 e. The first-order valence-electron chi connectivity index (χ1n) is 5.00. The Bertz CT molecular complexity index is 496. The molecular formula is C10H10N2O5. The molecule has 17 heavy (non-hydrogen) atoms. The summed E-state index contributed by atoms with van der Waals surface area (Å²) in [6.45, 7) is 1.21. The molecular weight excluding hydrogens is 228 g/mol. The lowest BCUT2D eigenvalue weighted by atomic mass is 10.1. The number of phenolic OH excluding ortho intramolecular Hbond substituents is 2. The average Bonchev–Trinajstić information content (AvgIpc) is 2.18. The van der Waals surface area contributed by atoms with Crippen LogP contribution in [0.15, 0.2) is 12.1 Å². The summed E-state index contributed by atoms with van der Waals surface area (Å²) < 4.78 is 0. The second-order valence-electron chi connectivity index (χ2n) is 3.77. The highest BCUT2D eigenvalue weighted by molar-refractivity contribution is 5.96. The Hall–Kier alpha value is -2.31. The van der Waals surface area contributed by atoms with Crippen LogP contribution in [0.5, 0.6) is 11.5 Å². The van der Waals surface area contributed by atoms with Gasteiger partial charge in [0.25, 0.3) is 5.91 Å². The molecule has 0 saturated carbocycles. The molecule has 1 aliphatic rings. The van der Waals surface area contributed by atoms with Crippen molar-refractivity contribution in [2.45, 2.75) is 6.42 Å². The first-order valence-corrected chi connectivity index (χ1v) is 5.00. The standard InChI is InChI=1S/C10H10N2O5/c13-8-5-6(10(15)11-2-1-3-11)4-7(9(8)14)12(16)17/h4-5,13-14H,1-3H2. The number of nitro benzene ring substituents is 1. The van der Waals surface area contributed by atoms with E-state index in [9.17, 15) is 25.1 Å². The number of phenols is 2. The van der Waals surface area contributed by atoms with E-state index >= 15 is 0 Å². The zero-order valence-electron chi connectivity index (χ0n) is 8.79. The van der Waals surface area contributed by atoms with Crippen LogP contribution in [0.3, 0.4) is 0 Å². The molecule has 2 rings (SSSR count).